The van der Waals surface area contributed by atoms with Crippen molar-refractivity contribution < 1.29 is 9.47 Å². The molecule has 0 aliphatic carbocycles. The molecule has 2 atom stereocenters. The van der Waals surface area contributed by atoms with Gasteiger partial charge in [-0.2, -0.15) is 0 Å². The Bertz CT molecular complexity index is 245. The van der Waals surface area contributed by atoms with Gasteiger partial charge in [-0.3, -0.25) is 4.90 Å². The molecule has 20 heavy (non-hydrogen) atoms. The molecule has 0 saturated carbocycles. The highest BCUT2D eigenvalue weighted by molar-refractivity contribution is 4.79. The lowest BCUT2D eigenvalue weighted by atomic mass is 10.0. The van der Waals surface area contributed by atoms with E-state index in [4.69, 9.17) is 9.47 Å². The minimum atomic E-state index is 0.554. The maximum atomic E-state index is 5.72. The van der Waals surface area contributed by atoms with Crippen LogP contribution in [0.15, 0.2) is 0 Å². The lowest BCUT2D eigenvalue weighted by Crippen LogP contribution is -2.46. The first-order chi connectivity index (χ1) is 9.90. The van der Waals surface area contributed by atoms with Gasteiger partial charge in [0.1, 0.15) is 0 Å². The normalized spacial score (nSPS) is 28.1. The van der Waals surface area contributed by atoms with Crippen molar-refractivity contribution in [3.8, 4) is 0 Å². The molecular formula is C16H32N2O2. The molecule has 1 N–H and O–H groups in total. The highest BCUT2D eigenvalue weighted by Gasteiger charge is 2.22. The van der Waals surface area contributed by atoms with Crippen LogP contribution in [0.25, 0.3) is 0 Å². The monoisotopic (exact) mass is 284 g/mol. The van der Waals surface area contributed by atoms with E-state index in [1.54, 1.807) is 7.11 Å². The number of rotatable bonds is 9. The predicted molar refractivity (Wildman–Crippen MR) is 82.2 cm³/mol. The van der Waals surface area contributed by atoms with Crippen LogP contribution < -0.4 is 5.32 Å². The summed E-state index contributed by atoms with van der Waals surface area (Å²) in [6.45, 7) is 6.41. The Balaban J connectivity index is 1.61. The van der Waals surface area contributed by atoms with E-state index in [2.05, 4.69) is 10.2 Å². The maximum Gasteiger partial charge on any atom is 0.0587 e. The van der Waals surface area contributed by atoms with Crippen molar-refractivity contribution in [1.29, 1.82) is 0 Å². The smallest absolute Gasteiger partial charge is 0.0587 e. The van der Waals surface area contributed by atoms with E-state index in [-0.39, 0.29) is 0 Å². The Morgan fingerprint density at radius 1 is 1.25 bits per heavy atom. The molecule has 2 aliphatic heterocycles. The van der Waals surface area contributed by atoms with Crippen molar-refractivity contribution in [3.63, 3.8) is 0 Å². The van der Waals surface area contributed by atoms with Crippen molar-refractivity contribution in [2.24, 2.45) is 0 Å². The van der Waals surface area contributed by atoms with Crippen LogP contribution in [0.4, 0.5) is 0 Å². The van der Waals surface area contributed by atoms with Gasteiger partial charge in [0.25, 0.3) is 0 Å². The highest BCUT2D eigenvalue weighted by atomic mass is 16.5. The van der Waals surface area contributed by atoms with E-state index >= 15 is 0 Å². The van der Waals surface area contributed by atoms with Crippen LogP contribution in [0.1, 0.15) is 44.9 Å². The summed E-state index contributed by atoms with van der Waals surface area (Å²) >= 11 is 0. The number of hydrogen-bond acceptors (Lipinski definition) is 4. The summed E-state index contributed by atoms with van der Waals surface area (Å²) in [5, 5.41) is 3.53. The molecule has 0 bridgehead atoms. The van der Waals surface area contributed by atoms with Crippen LogP contribution in [0.3, 0.4) is 0 Å². The summed E-state index contributed by atoms with van der Waals surface area (Å²) in [6, 6.07) is 0.727. The molecule has 2 fully saturated rings. The molecule has 2 rings (SSSR count). The Kier molecular flexibility index (Phi) is 7.88. The van der Waals surface area contributed by atoms with Gasteiger partial charge in [0, 0.05) is 32.8 Å². The van der Waals surface area contributed by atoms with Crippen molar-refractivity contribution in [1.82, 2.24) is 10.2 Å². The fourth-order valence-corrected chi connectivity index (χ4v) is 3.42. The van der Waals surface area contributed by atoms with Gasteiger partial charge in [-0.15, -0.1) is 0 Å². The summed E-state index contributed by atoms with van der Waals surface area (Å²) < 4.78 is 10.8. The van der Waals surface area contributed by atoms with Crippen LogP contribution in [-0.2, 0) is 9.47 Å². The second kappa shape index (κ2) is 9.72. The van der Waals surface area contributed by atoms with E-state index in [9.17, 15) is 0 Å². The van der Waals surface area contributed by atoms with E-state index in [1.807, 2.05) is 0 Å². The van der Waals surface area contributed by atoms with Gasteiger partial charge in [0.05, 0.1) is 12.7 Å². The zero-order valence-corrected chi connectivity index (χ0v) is 13.1. The number of methoxy groups -OCH3 is 1. The third-order valence-corrected chi connectivity index (χ3v) is 4.61. The Labute approximate surface area is 124 Å². The fourth-order valence-electron chi connectivity index (χ4n) is 3.42. The van der Waals surface area contributed by atoms with E-state index in [0.29, 0.717) is 6.10 Å². The number of nitrogens with one attached hydrogen (secondary N) is 1. The summed E-state index contributed by atoms with van der Waals surface area (Å²) in [7, 11) is 1.76. The Morgan fingerprint density at radius 2 is 2.20 bits per heavy atom. The molecule has 2 saturated heterocycles. The lowest BCUT2D eigenvalue weighted by Gasteiger charge is -2.36. The SMILES string of the molecule is COCCNCC1CCCCN1CCCC1CCCO1. The first-order valence-electron chi connectivity index (χ1n) is 8.45. The summed E-state index contributed by atoms with van der Waals surface area (Å²) in [4.78, 5) is 2.69. The number of nitrogens with zero attached hydrogens (tertiary/aromatic N) is 1. The molecule has 2 unspecified atom stereocenters. The van der Waals surface area contributed by atoms with Gasteiger partial charge in [-0.1, -0.05) is 6.42 Å². The first kappa shape index (κ1) is 16.2. The average Bonchev–Trinajstić information content (AvgIpc) is 2.98. The molecule has 2 heterocycles. The number of likely N-dealkylation sites (tertiary alicyclic amines) is 1. The fraction of sp³-hybridized carbons (Fsp3) is 1.00. The average molecular weight is 284 g/mol. The standard InChI is InChI=1S/C16H32N2O2/c1-19-13-9-17-14-15-6-2-3-10-18(15)11-4-7-16-8-5-12-20-16/h15-17H,2-14H2,1H3. The van der Waals surface area contributed by atoms with Gasteiger partial charge in [0.2, 0.25) is 0 Å². The van der Waals surface area contributed by atoms with Crippen LogP contribution in [0, 0.1) is 0 Å². The predicted octanol–water partition coefficient (Wildman–Crippen LogP) is 2.04. The van der Waals surface area contributed by atoms with Crippen molar-refractivity contribution in [2.45, 2.75) is 57.1 Å². The Morgan fingerprint density at radius 3 is 3.00 bits per heavy atom. The highest BCUT2D eigenvalue weighted by Crippen LogP contribution is 2.20. The van der Waals surface area contributed by atoms with Gasteiger partial charge < -0.3 is 14.8 Å². The molecule has 0 radical (unpaired) electrons. The van der Waals surface area contributed by atoms with Gasteiger partial charge in [-0.25, -0.2) is 0 Å². The van der Waals surface area contributed by atoms with Crippen molar-refractivity contribution in [2.75, 3.05) is 46.5 Å². The minimum absolute atomic E-state index is 0.554. The second-order valence-electron chi connectivity index (χ2n) is 6.16. The lowest BCUT2D eigenvalue weighted by molar-refractivity contribution is 0.0904. The van der Waals surface area contributed by atoms with Crippen LogP contribution in [0.2, 0.25) is 0 Å². The molecule has 4 heteroatoms. The molecule has 0 amide bonds. The molecular weight excluding hydrogens is 252 g/mol. The van der Waals surface area contributed by atoms with Crippen LogP contribution in [0.5, 0.6) is 0 Å². The molecule has 2 aliphatic rings. The number of hydrogen-bond donors (Lipinski definition) is 1. The van der Waals surface area contributed by atoms with Crippen molar-refractivity contribution >= 4 is 0 Å². The number of piperidine rings is 1. The van der Waals surface area contributed by atoms with Gasteiger partial charge in [0.15, 0.2) is 0 Å². The van der Waals surface area contributed by atoms with Crippen LogP contribution >= 0.6 is 0 Å². The summed E-state index contributed by atoms with van der Waals surface area (Å²) in [5.41, 5.74) is 0. The summed E-state index contributed by atoms with van der Waals surface area (Å²) in [6.07, 6.45) is 9.74. The van der Waals surface area contributed by atoms with Crippen LogP contribution in [-0.4, -0.2) is 63.5 Å². The molecule has 4 nitrogen and oxygen atoms in total. The largest absolute Gasteiger partial charge is 0.383 e. The number of ether oxygens (including phenoxy) is 2. The molecule has 118 valence electrons. The first-order valence-corrected chi connectivity index (χ1v) is 8.45. The van der Waals surface area contributed by atoms with E-state index in [1.165, 1.54) is 58.0 Å². The summed E-state index contributed by atoms with van der Waals surface area (Å²) in [5.74, 6) is 0. The zero-order valence-electron chi connectivity index (χ0n) is 13.1. The third kappa shape index (κ3) is 5.68. The minimum Gasteiger partial charge on any atom is -0.383 e. The zero-order chi connectivity index (χ0) is 14.0. The molecule has 0 spiro atoms. The third-order valence-electron chi connectivity index (χ3n) is 4.61. The van der Waals surface area contributed by atoms with E-state index < -0.39 is 0 Å². The molecule has 0 aromatic carbocycles. The maximum absolute atomic E-state index is 5.72. The topological polar surface area (TPSA) is 33.7 Å². The quantitative estimate of drug-likeness (QED) is 0.657. The molecule has 0 aromatic heterocycles. The van der Waals surface area contributed by atoms with E-state index in [0.717, 1.165) is 32.3 Å². The van der Waals surface area contributed by atoms with Gasteiger partial charge in [-0.05, 0) is 51.6 Å². The second-order valence-corrected chi connectivity index (χ2v) is 6.16. The Hall–Kier alpha value is -0.160. The van der Waals surface area contributed by atoms with Crippen molar-refractivity contribution in [3.05, 3.63) is 0 Å². The molecule has 0 aromatic rings. The van der Waals surface area contributed by atoms with Gasteiger partial charge >= 0.3 is 0 Å².